The first kappa shape index (κ1) is 11.0. The summed E-state index contributed by atoms with van der Waals surface area (Å²) in [4.78, 5) is 16.2. The van der Waals surface area contributed by atoms with Crippen LogP contribution in [0.2, 0.25) is 0 Å². The van der Waals surface area contributed by atoms with E-state index in [-0.39, 0.29) is 11.8 Å². The van der Waals surface area contributed by atoms with Crippen molar-refractivity contribution in [1.82, 2.24) is 14.8 Å². The smallest absolute Gasteiger partial charge is 0.226 e. The number of nitrogens with one attached hydrogen (secondary N) is 1. The van der Waals surface area contributed by atoms with E-state index >= 15 is 0 Å². The van der Waals surface area contributed by atoms with E-state index < -0.39 is 0 Å². The molecule has 1 aliphatic heterocycles. The molecule has 18 heavy (non-hydrogen) atoms. The maximum Gasteiger partial charge on any atom is 0.226 e. The van der Waals surface area contributed by atoms with Gasteiger partial charge in [-0.25, -0.2) is 0 Å². The molecule has 0 radical (unpaired) electrons. The van der Waals surface area contributed by atoms with E-state index in [1.165, 1.54) is 0 Å². The van der Waals surface area contributed by atoms with Gasteiger partial charge in [-0.1, -0.05) is 6.07 Å². The van der Waals surface area contributed by atoms with Crippen molar-refractivity contribution < 1.29 is 4.79 Å². The van der Waals surface area contributed by atoms with Gasteiger partial charge in [-0.15, -0.1) is 0 Å². The van der Waals surface area contributed by atoms with Gasteiger partial charge in [0.25, 0.3) is 0 Å². The van der Waals surface area contributed by atoms with Crippen LogP contribution >= 0.6 is 0 Å². The van der Waals surface area contributed by atoms with Gasteiger partial charge in [0, 0.05) is 36.8 Å². The van der Waals surface area contributed by atoms with E-state index in [1.54, 1.807) is 10.9 Å². The minimum atomic E-state index is 0.00338. The number of aromatic nitrogens is 3. The van der Waals surface area contributed by atoms with E-state index in [4.69, 9.17) is 0 Å². The summed E-state index contributed by atoms with van der Waals surface area (Å²) in [5.74, 6) is 0.809. The third-order valence-corrected chi connectivity index (χ3v) is 3.31. The second-order valence-corrected chi connectivity index (χ2v) is 4.53. The lowest BCUT2D eigenvalue weighted by Crippen LogP contribution is -2.25. The quantitative estimate of drug-likeness (QED) is 0.826. The number of anilines is 1. The van der Waals surface area contributed by atoms with Crippen molar-refractivity contribution in [2.45, 2.75) is 19.3 Å². The molecule has 2 aromatic heterocycles. The third-order valence-electron chi connectivity index (χ3n) is 3.31. The molecular formula is C13H14N4O. The van der Waals surface area contributed by atoms with Crippen LogP contribution in [0.3, 0.4) is 0 Å². The Morgan fingerprint density at radius 1 is 1.44 bits per heavy atom. The van der Waals surface area contributed by atoms with Gasteiger partial charge < -0.3 is 5.32 Å². The van der Waals surface area contributed by atoms with E-state index in [2.05, 4.69) is 15.4 Å². The normalized spacial score (nSPS) is 18.3. The Kier molecular flexibility index (Phi) is 2.40. The standard InChI is InChI=1S/C13H14N4O/c1-8-12-9(10-5-3-4-6-14-10)7-11(18)15-13(12)17(2)16-8/h3-6,9H,7H2,1-2H3,(H,15,18)/t9-/m0/s1. The summed E-state index contributed by atoms with van der Waals surface area (Å²) in [6, 6.07) is 5.78. The first-order valence-corrected chi connectivity index (χ1v) is 5.91. The number of aryl methyl sites for hydroxylation is 2. The number of carbonyl (C=O) groups excluding carboxylic acids is 1. The highest BCUT2D eigenvalue weighted by Crippen LogP contribution is 2.37. The SMILES string of the molecule is Cc1nn(C)c2c1[C@H](c1ccccn1)CC(=O)N2. The molecule has 5 nitrogen and oxygen atoms in total. The molecular weight excluding hydrogens is 228 g/mol. The zero-order chi connectivity index (χ0) is 12.7. The maximum absolute atomic E-state index is 11.8. The van der Waals surface area contributed by atoms with Gasteiger partial charge in [0.15, 0.2) is 0 Å². The van der Waals surface area contributed by atoms with Gasteiger partial charge >= 0.3 is 0 Å². The second-order valence-electron chi connectivity index (χ2n) is 4.53. The Morgan fingerprint density at radius 2 is 2.28 bits per heavy atom. The molecule has 0 fully saturated rings. The van der Waals surface area contributed by atoms with Crippen molar-refractivity contribution in [3.63, 3.8) is 0 Å². The molecule has 2 aromatic rings. The molecule has 3 rings (SSSR count). The molecule has 5 heteroatoms. The van der Waals surface area contributed by atoms with Gasteiger partial charge in [-0.05, 0) is 19.1 Å². The molecule has 0 unspecified atom stereocenters. The van der Waals surface area contributed by atoms with Crippen LogP contribution in [-0.2, 0) is 11.8 Å². The van der Waals surface area contributed by atoms with Crippen LogP contribution in [0.1, 0.15) is 29.3 Å². The molecule has 92 valence electrons. The van der Waals surface area contributed by atoms with Crippen molar-refractivity contribution in [2.24, 2.45) is 7.05 Å². The van der Waals surface area contributed by atoms with Crippen LogP contribution in [0.25, 0.3) is 0 Å². The van der Waals surface area contributed by atoms with Crippen molar-refractivity contribution in [1.29, 1.82) is 0 Å². The third kappa shape index (κ3) is 1.59. The van der Waals surface area contributed by atoms with Crippen molar-refractivity contribution in [3.8, 4) is 0 Å². The monoisotopic (exact) mass is 242 g/mol. The minimum Gasteiger partial charge on any atom is -0.311 e. The Morgan fingerprint density at radius 3 is 3.00 bits per heavy atom. The molecule has 1 N–H and O–H groups in total. The molecule has 0 bridgehead atoms. The average Bonchev–Trinajstić information content (AvgIpc) is 2.65. The van der Waals surface area contributed by atoms with Crippen LogP contribution in [0.5, 0.6) is 0 Å². The predicted octanol–water partition coefficient (Wildman–Crippen LogP) is 1.60. The average molecular weight is 242 g/mol. The number of carbonyl (C=O) groups is 1. The zero-order valence-corrected chi connectivity index (χ0v) is 10.3. The number of amides is 1. The molecule has 1 aliphatic rings. The van der Waals surface area contributed by atoms with Crippen LogP contribution in [0.15, 0.2) is 24.4 Å². The lowest BCUT2D eigenvalue weighted by molar-refractivity contribution is -0.116. The fraction of sp³-hybridized carbons (Fsp3) is 0.308. The predicted molar refractivity (Wildman–Crippen MR) is 67.3 cm³/mol. The summed E-state index contributed by atoms with van der Waals surface area (Å²) in [6.45, 7) is 1.96. The molecule has 0 saturated heterocycles. The fourth-order valence-electron chi connectivity index (χ4n) is 2.55. The molecule has 0 aliphatic carbocycles. The van der Waals surface area contributed by atoms with Crippen molar-refractivity contribution in [2.75, 3.05) is 5.32 Å². The lowest BCUT2D eigenvalue weighted by Gasteiger charge is -2.23. The summed E-state index contributed by atoms with van der Waals surface area (Å²) >= 11 is 0. The molecule has 3 heterocycles. The van der Waals surface area contributed by atoms with Gasteiger partial charge in [0.2, 0.25) is 5.91 Å². The van der Waals surface area contributed by atoms with Crippen LogP contribution < -0.4 is 5.32 Å². The summed E-state index contributed by atoms with van der Waals surface area (Å²) in [7, 11) is 1.84. The van der Waals surface area contributed by atoms with Gasteiger partial charge in [0.05, 0.1) is 5.69 Å². The summed E-state index contributed by atoms with van der Waals surface area (Å²) < 4.78 is 1.72. The van der Waals surface area contributed by atoms with Gasteiger partial charge in [-0.2, -0.15) is 5.10 Å². The van der Waals surface area contributed by atoms with E-state index in [0.717, 1.165) is 22.8 Å². The lowest BCUT2D eigenvalue weighted by atomic mass is 9.89. The van der Waals surface area contributed by atoms with E-state index in [9.17, 15) is 4.79 Å². The largest absolute Gasteiger partial charge is 0.311 e. The maximum atomic E-state index is 11.8. The van der Waals surface area contributed by atoms with Crippen molar-refractivity contribution >= 4 is 11.7 Å². The highest BCUT2D eigenvalue weighted by molar-refractivity contribution is 5.94. The van der Waals surface area contributed by atoms with Crippen molar-refractivity contribution in [3.05, 3.63) is 41.3 Å². The van der Waals surface area contributed by atoms with E-state index in [1.807, 2.05) is 32.2 Å². The second kappa shape index (κ2) is 3.94. The summed E-state index contributed by atoms with van der Waals surface area (Å²) in [5, 5.41) is 7.26. The Labute approximate surface area is 105 Å². The Balaban J connectivity index is 2.16. The number of nitrogens with zero attached hydrogens (tertiary/aromatic N) is 3. The van der Waals surface area contributed by atoms with E-state index in [0.29, 0.717) is 6.42 Å². The first-order valence-electron chi connectivity index (χ1n) is 5.91. The van der Waals surface area contributed by atoms with Gasteiger partial charge in [0.1, 0.15) is 5.82 Å². The van der Waals surface area contributed by atoms with Crippen LogP contribution in [0.4, 0.5) is 5.82 Å². The molecule has 0 spiro atoms. The summed E-state index contributed by atoms with van der Waals surface area (Å²) in [5.41, 5.74) is 2.95. The highest BCUT2D eigenvalue weighted by atomic mass is 16.1. The topological polar surface area (TPSA) is 59.8 Å². The number of hydrogen-bond donors (Lipinski definition) is 1. The molecule has 1 amide bonds. The molecule has 1 atom stereocenters. The number of rotatable bonds is 1. The fourth-order valence-corrected chi connectivity index (χ4v) is 2.55. The van der Waals surface area contributed by atoms with Crippen LogP contribution in [-0.4, -0.2) is 20.7 Å². The van der Waals surface area contributed by atoms with Gasteiger partial charge in [-0.3, -0.25) is 14.5 Å². The van der Waals surface area contributed by atoms with Crippen LogP contribution in [0, 0.1) is 6.92 Å². The zero-order valence-electron chi connectivity index (χ0n) is 10.3. The highest BCUT2D eigenvalue weighted by Gasteiger charge is 2.31. The number of pyridine rings is 1. The molecule has 0 aromatic carbocycles. The Bertz CT molecular complexity index is 603. The molecule has 0 saturated carbocycles. The minimum absolute atomic E-state index is 0.00338. The first-order chi connectivity index (χ1) is 8.66. The summed E-state index contributed by atoms with van der Waals surface area (Å²) in [6.07, 6.45) is 2.18. The number of fused-ring (bicyclic) bond motifs is 1. The number of hydrogen-bond acceptors (Lipinski definition) is 3. The Hall–Kier alpha value is -2.17.